The van der Waals surface area contributed by atoms with Crippen molar-refractivity contribution < 1.29 is 19.5 Å². The van der Waals surface area contributed by atoms with Crippen LogP contribution in [0.1, 0.15) is 43.1 Å². The lowest BCUT2D eigenvalue weighted by atomic mass is 9.82. The number of allylic oxidation sites excluding steroid dienone is 2. The van der Waals surface area contributed by atoms with Crippen LogP contribution in [0.25, 0.3) is 0 Å². The molecule has 6 nitrogen and oxygen atoms in total. The number of nitrogens with one attached hydrogen (secondary N) is 2. The number of hydrogen-bond acceptors (Lipinski definition) is 3. The van der Waals surface area contributed by atoms with E-state index in [-0.39, 0.29) is 17.3 Å². The molecule has 138 valence electrons. The number of fused-ring (bicyclic) bond motifs is 2. The number of carboxylic acids is 1. The fourth-order valence-corrected chi connectivity index (χ4v) is 3.91. The zero-order valence-corrected chi connectivity index (χ0v) is 15.2. The molecule has 0 spiro atoms. The first-order chi connectivity index (χ1) is 12.2. The van der Waals surface area contributed by atoms with E-state index in [0.717, 1.165) is 5.56 Å². The zero-order valence-electron chi connectivity index (χ0n) is 15.2. The number of carbonyl (C=O) groups excluding carboxylic acids is 2. The van der Waals surface area contributed by atoms with Crippen molar-refractivity contribution in [2.45, 2.75) is 32.6 Å². The summed E-state index contributed by atoms with van der Waals surface area (Å²) in [6.07, 6.45) is 4.46. The third-order valence-corrected chi connectivity index (χ3v) is 5.36. The van der Waals surface area contributed by atoms with Gasteiger partial charge in [0, 0.05) is 5.56 Å². The van der Waals surface area contributed by atoms with Crippen molar-refractivity contribution >= 4 is 17.8 Å². The molecule has 1 aromatic carbocycles. The third kappa shape index (κ3) is 3.36. The van der Waals surface area contributed by atoms with Crippen LogP contribution in [0, 0.1) is 23.7 Å². The first-order valence-electron chi connectivity index (χ1n) is 8.80. The Morgan fingerprint density at radius 3 is 2.08 bits per heavy atom. The van der Waals surface area contributed by atoms with Crippen molar-refractivity contribution in [1.29, 1.82) is 0 Å². The van der Waals surface area contributed by atoms with Gasteiger partial charge in [-0.3, -0.25) is 25.2 Å². The zero-order chi connectivity index (χ0) is 19.1. The van der Waals surface area contributed by atoms with E-state index >= 15 is 0 Å². The molecular weight excluding hydrogens is 332 g/mol. The Kier molecular flexibility index (Phi) is 4.61. The molecule has 0 aromatic heterocycles. The summed E-state index contributed by atoms with van der Waals surface area (Å²) in [5.41, 5.74) is 6.33. The quantitative estimate of drug-likeness (QED) is 0.572. The molecule has 2 aliphatic rings. The molecule has 1 fully saturated rings. The highest BCUT2D eigenvalue weighted by Gasteiger charge is 2.51. The minimum Gasteiger partial charge on any atom is -0.481 e. The van der Waals surface area contributed by atoms with Crippen LogP contribution in [-0.2, 0) is 15.0 Å². The van der Waals surface area contributed by atoms with Crippen LogP contribution < -0.4 is 10.9 Å². The van der Waals surface area contributed by atoms with Gasteiger partial charge < -0.3 is 5.11 Å². The molecule has 1 aromatic rings. The van der Waals surface area contributed by atoms with Gasteiger partial charge in [-0.05, 0) is 41.4 Å². The van der Waals surface area contributed by atoms with Crippen LogP contribution in [0.3, 0.4) is 0 Å². The molecule has 0 aliphatic heterocycles. The number of hydrazine groups is 1. The van der Waals surface area contributed by atoms with Crippen LogP contribution in [0.15, 0.2) is 36.4 Å². The second kappa shape index (κ2) is 6.59. The van der Waals surface area contributed by atoms with Gasteiger partial charge >= 0.3 is 5.97 Å². The van der Waals surface area contributed by atoms with Gasteiger partial charge in [-0.25, -0.2) is 0 Å². The number of aliphatic carboxylic acids is 1. The Morgan fingerprint density at radius 2 is 1.54 bits per heavy atom. The summed E-state index contributed by atoms with van der Waals surface area (Å²) >= 11 is 0. The van der Waals surface area contributed by atoms with E-state index in [0.29, 0.717) is 12.0 Å². The van der Waals surface area contributed by atoms with Crippen LogP contribution in [-0.4, -0.2) is 22.9 Å². The Balaban J connectivity index is 1.62. The number of amides is 2. The van der Waals surface area contributed by atoms with E-state index < -0.39 is 29.6 Å². The summed E-state index contributed by atoms with van der Waals surface area (Å²) in [5.74, 6) is -3.40. The van der Waals surface area contributed by atoms with E-state index in [1.54, 1.807) is 12.1 Å². The summed E-state index contributed by atoms with van der Waals surface area (Å²) < 4.78 is 0. The van der Waals surface area contributed by atoms with Gasteiger partial charge in [-0.15, -0.1) is 0 Å². The number of carbonyl (C=O) groups is 3. The molecule has 4 atom stereocenters. The molecule has 0 saturated heterocycles. The molecule has 0 unspecified atom stereocenters. The lowest BCUT2D eigenvalue weighted by Crippen LogP contribution is -2.48. The maximum absolute atomic E-state index is 12.4. The highest BCUT2D eigenvalue weighted by atomic mass is 16.4. The van der Waals surface area contributed by atoms with Crippen molar-refractivity contribution in [2.24, 2.45) is 23.7 Å². The Bertz CT molecular complexity index is 761. The van der Waals surface area contributed by atoms with Gasteiger partial charge in [0.25, 0.3) is 5.91 Å². The number of hydrogen-bond donors (Lipinski definition) is 3. The van der Waals surface area contributed by atoms with Crippen LogP contribution in [0.4, 0.5) is 0 Å². The van der Waals surface area contributed by atoms with Crippen molar-refractivity contribution in [3.8, 4) is 0 Å². The standard InChI is InChI=1S/C20H24N2O4/c1-20(2,3)14-8-6-11(7-9-14)17(23)21-22-18(24)15-12-4-5-13(10-12)16(15)19(25)26/h4-9,12-13,15-16H,10H2,1-3H3,(H,21,23)(H,22,24)(H,25,26)/t12-,13-,15+,16-/m0/s1. The largest absolute Gasteiger partial charge is 0.481 e. The molecule has 3 N–H and O–H groups in total. The molecule has 2 bridgehead atoms. The maximum Gasteiger partial charge on any atom is 0.307 e. The van der Waals surface area contributed by atoms with Gasteiger partial charge in [-0.1, -0.05) is 45.1 Å². The van der Waals surface area contributed by atoms with E-state index in [1.165, 1.54) is 0 Å². The molecule has 0 heterocycles. The Labute approximate surface area is 152 Å². The van der Waals surface area contributed by atoms with Crippen molar-refractivity contribution in [3.63, 3.8) is 0 Å². The molecule has 6 heteroatoms. The Hall–Kier alpha value is -2.63. The number of carboxylic acid groups (broad SMARTS) is 1. The number of benzene rings is 1. The summed E-state index contributed by atoms with van der Waals surface area (Å²) in [6, 6.07) is 7.20. The van der Waals surface area contributed by atoms with Crippen molar-refractivity contribution in [2.75, 3.05) is 0 Å². The lowest BCUT2D eigenvalue weighted by Gasteiger charge is -2.24. The summed E-state index contributed by atoms with van der Waals surface area (Å²) in [4.78, 5) is 36.2. The summed E-state index contributed by atoms with van der Waals surface area (Å²) in [5, 5.41) is 9.40. The lowest BCUT2D eigenvalue weighted by molar-refractivity contribution is -0.148. The molecule has 3 rings (SSSR count). The van der Waals surface area contributed by atoms with Crippen LogP contribution in [0.2, 0.25) is 0 Å². The van der Waals surface area contributed by atoms with Gasteiger partial charge in [0.15, 0.2) is 0 Å². The summed E-state index contributed by atoms with van der Waals surface area (Å²) in [7, 11) is 0. The maximum atomic E-state index is 12.4. The van der Waals surface area contributed by atoms with Crippen LogP contribution >= 0.6 is 0 Å². The predicted octanol–water partition coefficient (Wildman–Crippen LogP) is 2.27. The smallest absolute Gasteiger partial charge is 0.307 e. The fraction of sp³-hybridized carbons (Fsp3) is 0.450. The topological polar surface area (TPSA) is 95.5 Å². The SMILES string of the molecule is CC(C)(C)c1ccc(C(=O)NNC(=O)[C@H]2[C@@H](C(=O)O)[C@H]3C=C[C@H]2C3)cc1. The third-order valence-electron chi connectivity index (χ3n) is 5.36. The van der Waals surface area contributed by atoms with E-state index in [9.17, 15) is 19.5 Å². The van der Waals surface area contributed by atoms with E-state index in [2.05, 4.69) is 31.6 Å². The van der Waals surface area contributed by atoms with Gasteiger partial charge in [0.1, 0.15) is 0 Å². The van der Waals surface area contributed by atoms with Crippen molar-refractivity contribution in [1.82, 2.24) is 10.9 Å². The van der Waals surface area contributed by atoms with Crippen molar-refractivity contribution in [3.05, 3.63) is 47.5 Å². The average molecular weight is 356 g/mol. The average Bonchev–Trinajstić information content (AvgIpc) is 3.19. The first kappa shape index (κ1) is 18.2. The number of rotatable bonds is 3. The predicted molar refractivity (Wildman–Crippen MR) is 96.1 cm³/mol. The van der Waals surface area contributed by atoms with Crippen LogP contribution in [0.5, 0.6) is 0 Å². The van der Waals surface area contributed by atoms with E-state index in [1.807, 2.05) is 24.3 Å². The van der Waals surface area contributed by atoms with E-state index in [4.69, 9.17) is 0 Å². The molecule has 1 saturated carbocycles. The second-order valence-electron chi connectivity index (χ2n) is 8.11. The fourth-order valence-electron chi connectivity index (χ4n) is 3.91. The monoisotopic (exact) mass is 356 g/mol. The van der Waals surface area contributed by atoms with Gasteiger partial charge in [0.05, 0.1) is 11.8 Å². The molecular formula is C20H24N2O4. The highest BCUT2D eigenvalue weighted by Crippen LogP contribution is 2.48. The minimum absolute atomic E-state index is 0.00955. The molecule has 26 heavy (non-hydrogen) atoms. The Morgan fingerprint density at radius 1 is 0.962 bits per heavy atom. The molecule has 2 aliphatic carbocycles. The molecule has 2 amide bonds. The highest BCUT2D eigenvalue weighted by molar-refractivity contribution is 5.96. The minimum atomic E-state index is -0.967. The second-order valence-corrected chi connectivity index (χ2v) is 8.11. The normalized spacial score (nSPS) is 26.6. The first-order valence-corrected chi connectivity index (χ1v) is 8.80. The van der Waals surface area contributed by atoms with Gasteiger partial charge in [-0.2, -0.15) is 0 Å². The summed E-state index contributed by atoms with van der Waals surface area (Å²) in [6.45, 7) is 6.26. The van der Waals surface area contributed by atoms with Gasteiger partial charge in [0.2, 0.25) is 5.91 Å². The molecule has 0 radical (unpaired) electrons.